The second kappa shape index (κ2) is 9.79. The molecule has 0 aliphatic carbocycles. The average Bonchev–Trinajstić information content (AvgIpc) is 2.80. The number of ketones is 1. The number of hydrogen-bond acceptors (Lipinski definition) is 4. The van der Waals surface area contributed by atoms with Crippen LogP contribution in [0.3, 0.4) is 0 Å². The van der Waals surface area contributed by atoms with Gasteiger partial charge < -0.3 is 4.74 Å². The monoisotopic (exact) mass is 442 g/mol. The normalized spacial score (nSPS) is 15.9. The molecule has 0 saturated carbocycles. The van der Waals surface area contributed by atoms with Gasteiger partial charge in [0.2, 0.25) is 0 Å². The van der Waals surface area contributed by atoms with Gasteiger partial charge in [0.05, 0.1) is 17.0 Å². The SMILES string of the molecule is O=C(COCc1cc(S(=O)N2CCCCC2)ccc1Cl)c1cccc2cccnc12. The van der Waals surface area contributed by atoms with Gasteiger partial charge >= 0.3 is 0 Å². The molecule has 30 heavy (non-hydrogen) atoms. The van der Waals surface area contributed by atoms with Gasteiger partial charge in [-0.25, -0.2) is 8.51 Å². The Labute approximate surface area is 183 Å². The fourth-order valence-corrected chi connectivity index (χ4v) is 5.10. The molecule has 0 radical (unpaired) electrons. The minimum absolute atomic E-state index is 0.0779. The summed E-state index contributed by atoms with van der Waals surface area (Å²) in [5.41, 5.74) is 1.94. The van der Waals surface area contributed by atoms with Crippen molar-refractivity contribution < 1.29 is 13.7 Å². The highest BCUT2D eigenvalue weighted by Crippen LogP contribution is 2.24. The number of fused-ring (bicyclic) bond motifs is 1. The molecule has 1 aliphatic heterocycles. The van der Waals surface area contributed by atoms with Crippen LogP contribution in [0.5, 0.6) is 0 Å². The molecular weight excluding hydrogens is 420 g/mol. The van der Waals surface area contributed by atoms with E-state index in [0.29, 0.717) is 21.0 Å². The largest absolute Gasteiger partial charge is 0.369 e. The number of carbonyl (C=O) groups excluding carboxylic acids is 1. The lowest BCUT2D eigenvalue weighted by Crippen LogP contribution is -2.31. The number of rotatable bonds is 7. The van der Waals surface area contributed by atoms with Crippen LogP contribution in [-0.2, 0) is 22.3 Å². The number of benzene rings is 2. The molecule has 0 spiro atoms. The summed E-state index contributed by atoms with van der Waals surface area (Å²) in [6, 6.07) is 14.6. The minimum Gasteiger partial charge on any atom is -0.369 e. The maximum atomic E-state index is 12.8. The van der Waals surface area contributed by atoms with Crippen LogP contribution in [-0.4, -0.2) is 39.0 Å². The van der Waals surface area contributed by atoms with Crippen LogP contribution in [0, 0.1) is 0 Å². The van der Waals surface area contributed by atoms with E-state index in [1.165, 1.54) is 6.42 Å². The zero-order valence-corrected chi connectivity index (χ0v) is 18.1. The molecule has 3 aromatic rings. The molecule has 1 atom stereocenters. The summed E-state index contributed by atoms with van der Waals surface area (Å²) < 4.78 is 20.5. The number of aromatic nitrogens is 1. The fourth-order valence-electron chi connectivity index (χ4n) is 3.61. The van der Waals surface area contributed by atoms with Crippen LogP contribution >= 0.6 is 11.6 Å². The van der Waals surface area contributed by atoms with Crippen molar-refractivity contribution in [3.05, 3.63) is 70.9 Å². The molecule has 2 heterocycles. The van der Waals surface area contributed by atoms with Crippen molar-refractivity contribution in [2.24, 2.45) is 0 Å². The number of para-hydroxylation sites is 1. The Bertz CT molecular complexity index is 1080. The first-order valence-corrected chi connectivity index (χ1v) is 11.5. The summed E-state index contributed by atoms with van der Waals surface area (Å²) in [7, 11) is -1.20. The predicted molar refractivity (Wildman–Crippen MR) is 119 cm³/mol. The van der Waals surface area contributed by atoms with Crippen LogP contribution < -0.4 is 0 Å². The number of halogens is 1. The number of piperidine rings is 1. The standard InChI is InChI=1S/C23H23ClN2O3S/c24-21-10-9-19(30(28)26-12-2-1-3-13-26)14-18(21)15-29-16-22(27)20-8-4-6-17-7-5-11-25-23(17)20/h4-11,14H,1-3,12-13,15-16H2. The number of nitrogens with zero attached hydrogens (tertiary/aromatic N) is 2. The van der Waals surface area contributed by atoms with Crippen molar-refractivity contribution in [1.29, 1.82) is 0 Å². The molecule has 1 aliphatic rings. The smallest absolute Gasteiger partial charge is 0.190 e. The summed E-state index contributed by atoms with van der Waals surface area (Å²) >= 11 is 6.31. The highest BCUT2D eigenvalue weighted by molar-refractivity contribution is 7.82. The highest BCUT2D eigenvalue weighted by atomic mass is 35.5. The van der Waals surface area contributed by atoms with Crippen LogP contribution in [0.25, 0.3) is 10.9 Å². The Morgan fingerprint density at radius 2 is 1.90 bits per heavy atom. The van der Waals surface area contributed by atoms with Crippen molar-refractivity contribution >= 4 is 39.3 Å². The molecule has 0 bridgehead atoms. The Morgan fingerprint density at radius 1 is 1.10 bits per heavy atom. The number of ether oxygens (including phenoxy) is 1. The molecule has 5 nitrogen and oxygen atoms in total. The van der Waals surface area contributed by atoms with Gasteiger partial charge in [0.1, 0.15) is 17.6 Å². The van der Waals surface area contributed by atoms with E-state index in [1.54, 1.807) is 24.4 Å². The summed E-state index contributed by atoms with van der Waals surface area (Å²) in [4.78, 5) is 17.7. The number of carbonyl (C=O) groups is 1. The molecule has 1 fully saturated rings. The topological polar surface area (TPSA) is 59.5 Å². The Hall–Kier alpha value is -2.12. The van der Waals surface area contributed by atoms with Gasteiger partial charge in [-0.05, 0) is 48.7 Å². The van der Waals surface area contributed by atoms with E-state index in [2.05, 4.69) is 4.98 Å². The van der Waals surface area contributed by atoms with E-state index in [4.69, 9.17) is 16.3 Å². The molecule has 0 amide bonds. The van der Waals surface area contributed by atoms with Gasteiger partial charge in [0.25, 0.3) is 0 Å². The number of Topliss-reactive ketones (excluding diaryl/α,β-unsaturated/α-hetero) is 1. The summed E-state index contributed by atoms with van der Waals surface area (Å²) in [5.74, 6) is -0.136. The summed E-state index contributed by atoms with van der Waals surface area (Å²) in [6.45, 7) is 1.78. The molecule has 0 N–H and O–H groups in total. The lowest BCUT2D eigenvalue weighted by atomic mass is 10.1. The maximum absolute atomic E-state index is 12.8. The molecular formula is C23H23ClN2O3S. The van der Waals surface area contributed by atoms with Gasteiger partial charge in [-0.2, -0.15) is 0 Å². The lowest BCUT2D eigenvalue weighted by Gasteiger charge is -2.25. The van der Waals surface area contributed by atoms with Crippen molar-refractivity contribution in [3.8, 4) is 0 Å². The van der Waals surface area contributed by atoms with Crippen LogP contribution in [0.4, 0.5) is 0 Å². The van der Waals surface area contributed by atoms with Crippen molar-refractivity contribution in [1.82, 2.24) is 9.29 Å². The second-order valence-corrected chi connectivity index (χ2v) is 9.18. The first-order chi connectivity index (χ1) is 14.6. The molecule has 1 aromatic heterocycles. The van der Waals surface area contributed by atoms with Crippen molar-refractivity contribution in [2.45, 2.75) is 30.8 Å². The minimum atomic E-state index is -1.20. The van der Waals surface area contributed by atoms with Crippen LogP contribution in [0.15, 0.2) is 59.6 Å². The predicted octanol–water partition coefficient (Wildman–Crippen LogP) is 4.80. The molecule has 2 aromatic carbocycles. The fraction of sp³-hybridized carbons (Fsp3) is 0.304. The van der Waals surface area contributed by atoms with E-state index in [0.717, 1.165) is 36.9 Å². The van der Waals surface area contributed by atoms with Gasteiger partial charge in [0, 0.05) is 35.3 Å². The molecule has 4 rings (SSSR count). The van der Waals surface area contributed by atoms with Crippen LogP contribution in [0.2, 0.25) is 5.02 Å². The third-order valence-electron chi connectivity index (χ3n) is 5.19. The van der Waals surface area contributed by atoms with Gasteiger partial charge in [-0.15, -0.1) is 0 Å². The Balaban J connectivity index is 1.42. The van der Waals surface area contributed by atoms with Crippen LogP contribution in [0.1, 0.15) is 35.2 Å². The summed E-state index contributed by atoms with van der Waals surface area (Å²) in [5, 5.41) is 1.45. The highest BCUT2D eigenvalue weighted by Gasteiger charge is 2.19. The van der Waals surface area contributed by atoms with E-state index < -0.39 is 11.0 Å². The second-order valence-electron chi connectivity index (χ2n) is 7.29. The zero-order chi connectivity index (χ0) is 20.9. The van der Waals surface area contributed by atoms with E-state index in [1.807, 2.05) is 34.6 Å². The lowest BCUT2D eigenvalue weighted by molar-refractivity contribution is 0.0728. The average molecular weight is 443 g/mol. The van der Waals surface area contributed by atoms with Gasteiger partial charge in [-0.1, -0.05) is 36.2 Å². The molecule has 1 saturated heterocycles. The third kappa shape index (κ3) is 4.78. The first-order valence-electron chi connectivity index (χ1n) is 10.0. The Kier molecular flexibility index (Phi) is 6.89. The third-order valence-corrected chi connectivity index (χ3v) is 7.05. The Morgan fingerprint density at radius 3 is 2.73 bits per heavy atom. The van der Waals surface area contributed by atoms with E-state index in [9.17, 15) is 9.00 Å². The molecule has 7 heteroatoms. The van der Waals surface area contributed by atoms with Crippen molar-refractivity contribution in [3.63, 3.8) is 0 Å². The quantitative estimate of drug-likeness (QED) is 0.493. The van der Waals surface area contributed by atoms with E-state index >= 15 is 0 Å². The van der Waals surface area contributed by atoms with Gasteiger partial charge in [0.15, 0.2) is 5.78 Å². The maximum Gasteiger partial charge on any atom is 0.190 e. The summed E-state index contributed by atoms with van der Waals surface area (Å²) in [6.07, 6.45) is 5.00. The van der Waals surface area contributed by atoms with Gasteiger partial charge in [-0.3, -0.25) is 9.78 Å². The molecule has 1 unspecified atom stereocenters. The number of hydrogen-bond donors (Lipinski definition) is 0. The first kappa shape index (κ1) is 21.1. The zero-order valence-electron chi connectivity index (χ0n) is 16.6. The number of pyridine rings is 1. The molecule has 156 valence electrons. The van der Waals surface area contributed by atoms with Crippen molar-refractivity contribution in [2.75, 3.05) is 19.7 Å². The van der Waals surface area contributed by atoms with E-state index in [-0.39, 0.29) is 19.0 Å².